The minimum Gasteiger partial charge on any atom is -0.462 e. The van der Waals surface area contributed by atoms with E-state index in [1.165, 1.54) is 0 Å². The molecule has 2 N–H and O–H groups in total. The van der Waals surface area contributed by atoms with Crippen LogP contribution in [0.25, 0.3) is 0 Å². The Hall–Kier alpha value is -0.880. The van der Waals surface area contributed by atoms with E-state index < -0.39 is 0 Å². The second kappa shape index (κ2) is 8.25. The van der Waals surface area contributed by atoms with Gasteiger partial charge in [0.25, 0.3) is 0 Å². The average Bonchev–Trinajstić information content (AvgIpc) is 2.80. The standard InChI is InChI=1S/C12H22N2O3/c1-14(7-8-16-2)6-5-13-9-11-3-4-12(10-15)17-11/h3-4,13,15H,5-10H2,1-2H3. The quantitative estimate of drug-likeness (QED) is 0.615. The lowest BCUT2D eigenvalue weighted by atomic mass is 10.4. The molecule has 0 aromatic carbocycles. The molecular weight excluding hydrogens is 220 g/mol. The predicted molar refractivity (Wildman–Crippen MR) is 65.7 cm³/mol. The van der Waals surface area contributed by atoms with Crippen LogP contribution in [-0.4, -0.2) is 50.4 Å². The first kappa shape index (κ1) is 14.2. The predicted octanol–water partition coefficient (Wildman–Crippen LogP) is 0.440. The van der Waals surface area contributed by atoms with Crippen molar-refractivity contribution in [3.05, 3.63) is 23.7 Å². The number of hydrogen-bond donors (Lipinski definition) is 2. The Morgan fingerprint density at radius 1 is 1.35 bits per heavy atom. The summed E-state index contributed by atoms with van der Waals surface area (Å²) in [6, 6.07) is 3.68. The molecule has 0 aliphatic heterocycles. The molecule has 5 heteroatoms. The third-order valence-corrected chi connectivity index (χ3v) is 2.52. The van der Waals surface area contributed by atoms with Crippen LogP contribution in [0.1, 0.15) is 11.5 Å². The van der Waals surface area contributed by atoms with Gasteiger partial charge in [0.2, 0.25) is 0 Å². The number of hydrogen-bond acceptors (Lipinski definition) is 5. The molecule has 1 rings (SSSR count). The molecule has 0 unspecified atom stereocenters. The number of methoxy groups -OCH3 is 1. The van der Waals surface area contributed by atoms with E-state index in [-0.39, 0.29) is 6.61 Å². The molecule has 0 saturated carbocycles. The van der Waals surface area contributed by atoms with E-state index in [0.717, 1.165) is 32.0 Å². The van der Waals surface area contributed by atoms with Gasteiger partial charge in [-0.15, -0.1) is 0 Å². The van der Waals surface area contributed by atoms with Gasteiger partial charge >= 0.3 is 0 Å². The fraction of sp³-hybridized carbons (Fsp3) is 0.667. The van der Waals surface area contributed by atoms with E-state index >= 15 is 0 Å². The Kier molecular flexibility index (Phi) is 6.88. The molecule has 0 saturated heterocycles. The Morgan fingerprint density at radius 3 is 2.76 bits per heavy atom. The highest BCUT2D eigenvalue weighted by Gasteiger charge is 2.01. The van der Waals surface area contributed by atoms with Crippen molar-refractivity contribution in [1.82, 2.24) is 10.2 Å². The van der Waals surface area contributed by atoms with Crippen LogP contribution >= 0.6 is 0 Å². The SMILES string of the molecule is COCCN(C)CCNCc1ccc(CO)o1. The first-order chi connectivity index (χ1) is 8.26. The lowest BCUT2D eigenvalue weighted by Crippen LogP contribution is -2.31. The minimum atomic E-state index is -0.0419. The maximum absolute atomic E-state index is 8.85. The van der Waals surface area contributed by atoms with E-state index in [9.17, 15) is 0 Å². The summed E-state index contributed by atoms with van der Waals surface area (Å²) in [5.74, 6) is 1.47. The van der Waals surface area contributed by atoms with Gasteiger partial charge in [-0.3, -0.25) is 0 Å². The van der Waals surface area contributed by atoms with Gasteiger partial charge in [0.05, 0.1) is 13.2 Å². The summed E-state index contributed by atoms with van der Waals surface area (Å²) in [6.07, 6.45) is 0. The summed E-state index contributed by atoms with van der Waals surface area (Å²) in [4.78, 5) is 2.21. The molecule has 0 spiro atoms. The Balaban J connectivity index is 2.07. The van der Waals surface area contributed by atoms with Gasteiger partial charge in [-0.1, -0.05) is 0 Å². The topological polar surface area (TPSA) is 57.9 Å². The number of nitrogens with zero attached hydrogens (tertiary/aromatic N) is 1. The van der Waals surface area contributed by atoms with Gasteiger partial charge in [0.15, 0.2) is 0 Å². The molecule has 98 valence electrons. The van der Waals surface area contributed by atoms with Gasteiger partial charge in [-0.05, 0) is 19.2 Å². The lowest BCUT2D eigenvalue weighted by Gasteiger charge is -2.15. The maximum Gasteiger partial charge on any atom is 0.129 e. The Morgan fingerprint density at radius 2 is 2.12 bits per heavy atom. The zero-order valence-corrected chi connectivity index (χ0v) is 10.6. The van der Waals surface area contributed by atoms with Crippen molar-refractivity contribution in [2.24, 2.45) is 0 Å². The minimum absolute atomic E-state index is 0.0419. The Bertz CT molecular complexity index is 302. The fourth-order valence-electron chi connectivity index (χ4n) is 1.44. The third-order valence-electron chi connectivity index (χ3n) is 2.52. The number of ether oxygens (including phenoxy) is 1. The van der Waals surface area contributed by atoms with Crippen molar-refractivity contribution in [1.29, 1.82) is 0 Å². The highest BCUT2D eigenvalue weighted by molar-refractivity contribution is 5.05. The number of furan rings is 1. The molecule has 5 nitrogen and oxygen atoms in total. The van der Waals surface area contributed by atoms with Crippen LogP contribution in [0, 0.1) is 0 Å². The zero-order valence-electron chi connectivity index (χ0n) is 10.6. The number of likely N-dealkylation sites (N-methyl/N-ethyl adjacent to an activating group) is 1. The van der Waals surface area contributed by atoms with Crippen LogP contribution in [0.4, 0.5) is 0 Å². The van der Waals surface area contributed by atoms with Crippen LogP contribution in [0.3, 0.4) is 0 Å². The highest BCUT2D eigenvalue weighted by Crippen LogP contribution is 2.06. The zero-order chi connectivity index (χ0) is 12.5. The molecule has 1 aromatic heterocycles. The summed E-state index contributed by atoms with van der Waals surface area (Å²) in [7, 11) is 3.78. The summed E-state index contributed by atoms with van der Waals surface area (Å²) >= 11 is 0. The van der Waals surface area contributed by atoms with E-state index in [2.05, 4.69) is 17.3 Å². The van der Waals surface area contributed by atoms with Crippen molar-refractivity contribution < 1.29 is 14.3 Å². The van der Waals surface area contributed by atoms with Gasteiger partial charge in [0.1, 0.15) is 18.1 Å². The molecule has 0 radical (unpaired) electrons. The van der Waals surface area contributed by atoms with Gasteiger partial charge < -0.3 is 24.5 Å². The maximum atomic E-state index is 8.85. The largest absolute Gasteiger partial charge is 0.462 e. The summed E-state index contributed by atoms with van der Waals surface area (Å²) in [5.41, 5.74) is 0. The molecule has 17 heavy (non-hydrogen) atoms. The van der Waals surface area contributed by atoms with Gasteiger partial charge in [-0.2, -0.15) is 0 Å². The summed E-state index contributed by atoms with van der Waals surface area (Å²) < 4.78 is 10.4. The molecule has 1 heterocycles. The van der Waals surface area contributed by atoms with Crippen molar-refractivity contribution in [2.75, 3.05) is 40.4 Å². The van der Waals surface area contributed by atoms with Gasteiger partial charge in [-0.25, -0.2) is 0 Å². The fourth-order valence-corrected chi connectivity index (χ4v) is 1.44. The summed E-state index contributed by atoms with van der Waals surface area (Å²) in [6.45, 7) is 4.21. The van der Waals surface area contributed by atoms with Gasteiger partial charge in [0, 0.05) is 26.7 Å². The number of aliphatic hydroxyl groups excluding tert-OH is 1. The van der Waals surface area contributed by atoms with Crippen molar-refractivity contribution >= 4 is 0 Å². The third kappa shape index (κ3) is 5.83. The molecule has 0 bridgehead atoms. The van der Waals surface area contributed by atoms with E-state index in [1.54, 1.807) is 13.2 Å². The van der Waals surface area contributed by atoms with Crippen LogP contribution in [-0.2, 0) is 17.9 Å². The second-order valence-electron chi connectivity index (χ2n) is 4.00. The second-order valence-corrected chi connectivity index (χ2v) is 4.00. The molecule has 0 fully saturated rings. The molecule has 1 aromatic rings. The normalized spacial score (nSPS) is 11.3. The number of rotatable bonds is 9. The van der Waals surface area contributed by atoms with Crippen LogP contribution in [0.15, 0.2) is 16.5 Å². The monoisotopic (exact) mass is 242 g/mol. The van der Waals surface area contributed by atoms with Crippen LogP contribution in [0.2, 0.25) is 0 Å². The first-order valence-corrected chi connectivity index (χ1v) is 5.83. The van der Waals surface area contributed by atoms with Crippen LogP contribution < -0.4 is 5.32 Å². The lowest BCUT2D eigenvalue weighted by molar-refractivity contribution is 0.161. The van der Waals surface area contributed by atoms with Crippen molar-refractivity contribution in [3.8, 4) is 0 Å². The van der Waals surface area contributed by atoms with Crippen molar-refractivity contribution in [2.45, 2.75) is 13.2 Å². The summed E-state index contributed by atoms with van der Waals surface area (Å²) in [5, 5.41) is 12.1. The molecule has 0 amide bonds. The van der Waals surface area contributed by atoms with E-state index in [1.807, 2.05) is 6.07 Å². The molecular formula is C12H22N2O3. The van der Waals surface area contributed by atoms with E-state index in [4.69, 9.17) is 14.3 Å². The molecule has 0 aliphatic carbocycles. The molecule has 0 atom stereocenters. The van der Waals surface area contributed by atoms with E-state index in [0.29, 0.717) is 12.3 Å². The number of nitrogens with one attached hydrogen (secondary N) is 1. The average molecular weight is 242 g/mol. The molecule has 0 aliphatic rings. The highest BCUT2D eigenvalue weighted by atomic mass is 16.5. The van der Waals surface area contributed by atoms with Crippen molar-refractivity contribution in [3.63, 3.8) is 0 Å². The Labute approximate surface area is 102 Å². The van der Waals surface area contributed by atoms with Crippen LogP contribution in [0.5, 0.6) is 0 Å². The smallest absolute Gasteiger partial charge is 0.129 e. The first-order valence-electron chi connectivity index (χ1n) is 5.83. The number of aliphatic hydroxyl groups is 1.